The summed E-state index contributed by atoms with van der Waals surface area (Å²) < 4.78 is 5.58. The largest absolute Gasteiger partial charge is 0.382 e. The van der Waals surface area contributed by atoms with E-state index in [1.807, 2.05) is 12.4 Å². The van der Waals surface area contributed by atoms with Gasteiger partial charge in [0.05, 0.1) is 6.10 Å². The molecule has 3 nitrogen and oxygen atoms in total. The molecular formula is C15H18N2O. The Morgan fingerprint density at radius 2 is 2.22 bits per heavy atom. The highest BCUT2D eigenvalue weighted by molar-refractivity contribution is 5.93. The fraction of sp³-hybridized carbons (Fsp3) is 0.400. The van der Waals surface area contributed by atoms with Crippen molar-refractivity contribution < 1.29 is 4.74 Å². The van der Waals surface area contributed by atoms with Crippen LogP contribution < -0.4 is 5.32 Å². The van der Waals surface area contributed by atoms with Gasteiger partial charge < -0.3 is 10.1 Å². The standard InChI is InChI=1S/C15H18N2O/c1-2-18-13-8-12(9-13)17-15-5-3-4-11-10-16-7-6-14(11)15/h3-7,10,12-13,17H,2,8-9H2,1H3. The minimum Gasteiger partial charge on any atom is -0.382 e. The van der Waals surface area contributed by atoms with Crippen LogP contribution in [-0.2, 0) is 4.74 Å². The fourth-order valence-corrected chi connectivity index (χ4v) is 2.52. The molecule has 3 heteroatoms. The third-order valence-electron chi connectivity index (χ3n) is 3.54. The zero-order valence-corrected chi connectivity index (χ0v) is 10.6. The summed E-state index contributed by atoms with van der Waals surface area (Å²) in [6, 6.07) is 8.91. The maximum Gasteiger partial charge on any atom is 0.0614 e. The van der Waals surface area contributed by atoms with Crippen LogP contribution in [0.3, 0.4) is 0 Å². The molecule has 18 heavy (non-hydrogen) atoms. The first kappa shape index (κ1) is 11.5. The number of nitrogens with one attached hydrogen (secondary N) is 1. The minimum atomic E-state index is 0.448. The molecule has 1 N–H and O–H groups in total. The SMILES string of the molecule is CCOC1CC(Nc2cccc3cnccc23)C1. The van der Waals surface area contributed by atoms with E-state index in [9.17, 15) is 0 Å². The lowest BCUT2D eigenvalue weighted by Gasteiger charge is -2.36. The van der Waals surface area contributed by atoms with Crippen LogP contribution >= 0.6 is 0 Å². The Morgan fingerprint density at radius 1 is 1.33 bits per heavy atom. The second-order valence-electron chi connectivity index (χ2n) is 4.79. The van der Waals surface area contributed by atoms with Gasteiger partial charge in [-0.15, -0.1) is 0 Å². The number of fused-ring (bicyclic) bond motifs is 1. The fourth-order valence-electron chi connectivity index (χ4n) is 2.52. The van der Waals surface area contributed by atoms with Gasteiger partial charge in [-0.05, 0) is 31.9 Å². The number of benzene rings is 1. The van der Waals surface area contributed by atoms with Gasteiger partial charge in [0.25, 0.3) is 0 Å². The molecule has 1 heterocycles. The smallest absolute Gasteiger partial charge is 0.0614 e. The van der Waals surface area contributed by atoms with Crippen LogP contribution in [0, 0.1) is 0 Å². The van der Waals surface area contributed by atoms with E-state index < -0.39 is 0 Å². The van der Waals surface area contributed by atoms with Crippen molar-refractivity contribution in [2.24, 2.45) is 0 Å². The number of hydrogen-bond donors (Lipinski definition) is 1. The molecule has 1 aromatic carbocycles. The Bertz CT molecular complexity index is 530. The number of pyridine rings is 1. The number of ether oxygens (including phenoxy) is 1. The van der Waals surface area contributed by atoms with Gasteiger partial charge in [-0.3, -0.25) is 4.98 Å². The average Bonchev–Trinajstić information content (AvgIpc) is 2.37. The number of aromatic nitrogens is 1. The molecule has 0 radical (unpaired) electrons. The van der Waals surface area contributed by atoms with Crippen molar-refractivity contribution in [3.05, 3.63) is 36.7 Å². The Labute approximate surface area is 107 Å². The van der Waals surface area contributed by atoms with Crippen LogP contribution in [-0.4, -0.2) is 23.7 Å². The number of nitrogens with zero attached hydrogens (tertiary/aromatic N) is 1. The number of hydrogen-bond acceptors (Lipinski definition) is 3. The molecule has 94 valence electrons. The summed E-state index contributed by atoms with van der Waals surface area (Å²) >= 11 is 0. The van der Waals surface area contributed by atoms with E-state index in [2.05, 4.69) is 41.5 Å². The lowest BCUT2D eigenvalue weighted by molar-refractivity contribution is 0.00302. The minimum absolute atomic E-state index is 0.448. The third kappa shape index (κ3) is 2.18. The van der Waals surface area contributed by atoms with Crippen molar-refractivity contribution in [1.29, 1.82) is 0 Å². The molecule has 0 atom stereocenters. The van der Waals surface area contributed by atoms with E-state index in [0.29, 0.717) is 12.1 Å². The highest BCUT2D eigenvalue weighted by Gasteiger charge is 2.29. The molecule has 1 saturated carbocycles. The molecule has 1 aliphatic rings. The predicted octanol–water partition coefficient (Wildman–Crippen LogP) is 3.21. The van der Waals surface area contributed by atoms with Crippen molar-refractivity contribution in [3.8, 4) is 0 Å². The molecule has 1 fully saturated rings. The summed E-state index contributed by atoms with van der Waals surface area (Å²) in [7, 11) is 0. The van der Waals surface area contributed by atoms with Gasteiger partial charge in [-0.1, -0.05) is 12.1 Å². The van der Waals surface area contributed by atoms with Crippen molar-refractivity contribution in [3.63, 3.8) is 0 Å². The first-order valence-electron chi connectivity index (χ1n) is 6.57. The van der Waals surface area contributed by atoms with E-state index in [-0.39, 0.29) is 0 Å². The van der Waals surface area contributed by atoms with E-state index in [0.717, 1.165) is 19.4 Å². The van der Waals surface area contributed by atoms with E-state index in [1.54, 1.807) is 0 Å². The first-order valence-corrected chi connectivity index (χ1v) is 6.57. The highest BCUT2D eigenvalue weighted by Crippen LogP contribution is 2.30. The van der Waals surface area contributed by atoms with Gasteiger partial charge in [-0.2, -0.15) is 0 Å². The molecule has 0 amide bonds. The molecule has 0 bridgehead atoms. The molecule has 0 saturated heterocycles. The average molecular weight is 242 g/mol. The van der Waals surface area contributed by atoms with Crippen molar-refractivity contribution in [1.82, 2.24) is 4.98 Å². The summed E-state index contributed by atoms with van der Waals surface area (Å²) in [5.41, 5.74) is 1.20. The summed E-state index contributed by atoms with van der Waals surface area (Å²) in [6.45, 7) is 2.87. The van der Waals surface area contributed by atoms with Crippen LogP contribution in [0.15, 0.2) is 36.7 Å². The maximum atomic E-state index is 5.58. The van der Waals surface area contributed by atoms with Crippen LogP contribution in [0.4, 0.5) is 5.69 Å². The van der Waals surface area contributed by atoms with Gasteiger partial charge in [-0.25, -0.2) is 0 Å². The van der Waals surface area contributed by atoms with Gasteiger partial charge in [0.15, 0.2) is 0 Å². The topological polar surface area (TPSA) is 34.1 Å². The van der Waals surface area contributed by atoms with Crippen molar-refractivity contribution >= 4 is 16.5 Å². The number of rotatable bonds is 4. The maximum absolute atomic E-state index is 5.58. The van der Waals surface area contributed by atoms with E-state index in [1.165, 1.54) is 16.5 Å². The first-order chi connectivity index (χ1) is 8.86. The lowest BCUT2D eigenvalue weighted by atomic mass is 9.89. The molecule has 0 aliphatic heterocycles. The van der Waals surface area contributed by atoms with Crippen molar-refractivity contribution in [2.45, 2.75) is 31.9 Å². The van der Waals surface area contributed by atoms with Crippen LogP contribution in [0.2, 0.25) is 0 Å². The zero-order valence-electron chi connectivity index (χ0n) is 10.6. The Morgan fingerprint density at radius 3 is 3.06 bits per heavy atom. The zero-order chi connectivity index (χ0) is 12.4. The summed E-state index contributed by atoms with van der Waals surface area (Å²) in [6.07, 6.45) is 6.41. The summed E-state index contributed by atoms with van der Waals surface area (Å²) in [5.74, 6) is 0. The quantitative estimate of drug-likeness (QED) is 0.894. The normalized spacial score (nSPS) is 22.7. The molecule has 3 rings (SSSR count). The van der Waals surface area contributed by atoms with Gasteiger partial charge >= 0.3 is 0 Å². The lowest BCUT2D eigenvalue weighted by Crippen LogP contribution is -2.40. The Hall–Kier alpha value is -1.61. The van der Waals surface area contributed by atoms with Gasteiger partial charge in [0, 0.05) is 41.5 Å². The van der Waals surface area contributed by atoms with Crippen LogP contribution in [0.5, 0.6) is 0 Å². The summed E-state index contributed by atoms with van der Waals surface area (Å²) in [4.78, 5) is 4.16. The Kier molecular flexibility index (Phi) is 3.15. The molecule has 1 aromatic heterocycles. The molecule has 2 aromatic rings. The van der Waals surface area contributed by atoms with E-state index >= 15 is 0 Å². The third-order valence-corrected chi connectivity index (χ3v) is 3.54. The van der Waals surface area contributed by atoms with E-state index in [4.69, 9.17) is 4.74 Å². The monoisotopic (exact) mass is 242 g/mol. The molecule has 0 unspecified atom stereocenters. The van der Waals surface area contributed by atoms with Gasteiger partial charge in [0.1, 0.15) is 0 Å². The van der Waals surface area contributed by atoms with Crippen molar-refractivity contribution in [2.75, 3.05) is 11.9 Å². The van der Waals surface area contributed by atoms with Crippen LogP contribution in [0.1, 0.15) is 19.8 Å². The molecule has 1 aliphatic carbocycles. The molecular weight excluding hydrogens is 224 g/mol. The van der Waals surface area contributed by atoms with Gasteiger partial charge in [0.2, 0.25) is 0 Å². The number of anilines is 1. The Balaban J connectivity index is 1.72. The highest BCUT2D eigenvalue weighted by atomic mass is 16.5. The molecule has 0 spiro atoms. The van der Waals surface area contributed by atoms with Crippen LogP contribution in [0.25, 0.3) is 10.8 Å². The predicted molar refractivity (Wildman–Crippen MR) is 73.8 cm³/mol. The second kappa shape index (κ2) is 4.94. The summed E-state index contributed by atoms with van der Waals surface area (Å²) in [5, 5.41) is 6.03. The second-order valence-corrected chi connectivity index (χ2v) is 4.79.